The second-order valence-electron chi connectivity index (χ2n) is 5.65. The van der Waals surface area contributed by atoms with Crippen molar-refractivity contribution in [3.63, 3.8) is 0 Å². The summed E-state index contributed by atoms with van der Waals surface area (Å²) in [6.45, 7) is 0. The number of halogens is 3. The molecular weight excluding hydrogens is 383 g/mol. The zero-order chi connectivity index (χ0) is 19.8. The van der Waals surface area contributed by atoms with Crippen molar-refractivity contribution in [2.45, 2.75) is 11.1 Å². The molecule has 0 aliphatic carbocycles. The second kappa shape index (κ2) is 9.28. The van der Waals surface area contributed by atoms with E-state index >= 15 is 0 Å². The topological polar surface area (TPSA) is 21.6 Å². The van der Waals surface area contributed by atoms with Gasteiger partial charge in [-0.1, -0.05) is 54.2 Å². The molecule has 142 valence electrons. The molecule has 28 heavy (non-hydrogen) atoms. The van der Waals surface area contributed by atoms with Crippen molar-refractivity contribution < 1.29 is 17.9 Å². The van der Waals surface area contributed by atoms with Crippen LogP contribution in [0.15, 0.2) is 106 Å². The number of hydrogen-bond acceptors (Lipinski definition) is 3. The maximum absolute atomic E-state index is 12.8. The van der Waals surface area contributed by atoms with E-state index in [4.69, 9.17) is 4.74 Å². The second-order valence-corrected chi connectivity index (χ2v) is 6.63. The number of alkyl halides is 3. The summed E-state index contributed by atoms with van der Waals surface area (Å²) in [7, 11) is 0. The van der Waals surface area contributed by atoms with E-state index in [9.17, 15) is 13.2 Å². The molecule has 0 amide bonds. The Hall–Kier alpha value is -2.99. The fourth-order valence-electron chi connectivity index (χ4n) is 2.25. The van der Waals surface area contributed by atoms with Crippen molar-refractivity contribution in [1.29, 1.82) is 0 Å². The predicted octanol–water partition coefficient (Wildman–Crippen LogP) is 7.12. The van der Waals surface area contributed by atoms with Crippen LogP contribution in [0.2, 0.25) is 0 Å². The van der Waals surface area contributed by atoms with E-state index in [1.165, 1.54) is 6.07 Å². The van der Waals surface area contributed by atoms with Crippen molar-refractivity contribution in [3.8, 4) is 5.75 Å². The van der Waals surface area contributed by atoms with Gasteiger partial charge in [0.1, 0.15) is 5.75 Å². The molecule has 0 atom stereocenters. The molecule has 0 spiro atoms. The highest BCUT2D eigenvalue weighted by atomic mass is 32.2. The molecule has 3 aromatic rings. The normalized spacial score (nSPS) is 12.3. The molecule has 0 heterocycles. The van der Waals surface area contributed by atoms with E-state index in [0.29, 0.717) is 22.2 Å². The molecule has 3 aromatic carbocycles. The molecule has 6 heteroatoms. The van der Waals surface area contributed by atoms with Gasteiger partial charge in [-0.2, -0.15) is 13.2 Å². The summed E-state index contributed by atoms with van der Waals surface area (Å²) in [4.78, 5) is 4.93. The van der Waals surface area contributed by atoms with Gasteiger partial charge < -0.3 is 4.74 Å². The maximum atomic E-state index is 12.8. The molecule has 0 unspecified atom stereocenters. The lowest BCUT2D eigenvalue weighted by Crippen LogP contribution is -2.04. The first kappa shape index (κ1) is 19.8. The van der Waals surface area contributed by atoms with Crippen molar-refractivity contribution >= 4 is 23.3 Å². The Balaban J connectivity index is 1.78. The van der Waals surface area contributed by atoms with E-state index in [1.807, 2.05) is 48.5 Å². The monoisotopic (exact) mass is 399 g/mol. The lowest BCUT2D eigenvalue weighted by atomic mass is 10.2. The SMILES string of the molecule is FC(F)(F)c1cccc(SC=CC(=Nc2ccccc2)Oc2ccccc2)c1. The van der Waals surface area contributed by atoms with Crippen molar-refractivity contribution in [3.05, 3.63) is 102 Å². The summed E-state index contributed by atoms with van der Waals surface area (Å²) in [5.74, 6) is 0.947. The van der Waals surface area contributed by atoms with Gasteiger partial charge in [0.15, 0.2) is 0 Å². The number of hydrogen-bond donors (Lipinski definition) is 0. The van der Waals surface area contributed by atoms with E-state index in [0.717, 1.165) is 23.9 Å². The predicted molar refractivity (Wildman–Crippen MR) is 107 cm³/mol. The number of benzene rings is 3. The molecule has 0 aromatic heterocycles. The van der Waals surface area contributed by atoms with E-state index < -0.39 is 11.7 Å². The molecule has 0 bridgehead atoms. The fraction of sp³-hybridized carbons (Fsp3) is 0.0455. The number of aliphatic imine (C=N–C) groups is 1. The van der Waals surface area contributed by atoms with E-state index in [-0.39, 0.29) is 0 Å². The summed E-state index contributed by atoms with van der Waals surface area (Å²) in [5.41, 5.74) is 0.0340. The zero-order valence-corrected chi connectivity index (χ0v) is 15.5. The molecule has 0 saturated heterocycles. The first-order valence-electron chi connectivity index (χ1n) is 8.38. The minimum Gasteiger partial charge on any atom is -0.439 e. The summed E-state index contributed by atoms with van der Waals surface area (Å²) < 4.78 is 44.3. The Morgan fingerprint density at radius 3 is 2.21 bits per heavy atom. The Kier molecular flexibility index (Phi) is 6.55. The van der Waals surface area contributed by atoms with E-state index in [1.54, 1.807) is 29.7 Å². The quantitative estimate of drug-likeness (QED) is 0.259. The van der Waals surface area contributed by atoms with Crippen LogP contribution < -0.4 is 4.74 Å². The number of ether oxygens (including phenoxy) is 1. The number of rotatable bonds is 5. The van der Waals surface area contributed by atoms with Crippen LogP contribution in [0.5, 0.6) is 5.75 Å². The van der Waals surface area contributed by atoms with Crippen LogP contribution in [0, 0.1) is 0 Å². The zero-order valence-electron chi connectivity index (χ0n) is 14.6. The molecule has 0 N–H and O–H groups in total. The van der Waals surface area contributed by atoms with Crippen molar-refractivity contribution in [1.82, 2.24) is 0 Å². The highest BCUT2D eigenvalue weighted by Crippen LogP contribution is 2.32. The molecule has 3 rings (SSSR count). The standard InChI is InChI=1S/C22H16F3NOS/c23-22(24,25)17-8-7-13-20(16-17)28-15-14-21(26-18-9-3-1-4-10-18)27-19-11-5-2-6-12-19/h1-16H. The van der Waals surface area contributed by atoms with Crippen LogP contribution >= 0.6 is 11.8 Å². The van der Waals surface area contributed by atoms with Crippen LogP contribution in [0.3, 0.4) is 0 Å². The smallest absolute Gasteiger partial charge is 0.416 e. The van der Waals surface area contributed by atoms with Crippen LogP contribution in [-0.2, 0) is 6.18 Å². The van der Waals surface area contributed by atoms with Gasteiger partial charge in [-0.3, -0.25) is 0 Å². The maximum Gasteiger partial charge on any atom is 0.416 e. The van der Waals surface area contributed by atoms with Gasteiger partial charge >= 0.3 is 6.18 Å². The van der Waals surface area contributed by atoms with Crippen LogP contribution in [-0.4, -0.2) is 5.90 Å². The minimum atomic E-state index is -4.36. The fourth-order valence-corrected chi connectivity index (χ4v) is 2.94. The molecule has 0 saturated carbocycles. The highest BCUT2D eigenvalue weighted by molar-refractivity contribution is 8.02. The molecule has 0 aliphatic rings. The van der Waals surface area contributed by atoms with Gasteiger partial charge in [0, 0.05) is 11.0 Å². The largest absolute Gasteiger partial charge is 0.439 e. The Labute approximate surface area is 165 Å². The Morgan fingerprint density at radius 1 is 0.857 bits per heavy atom. The third kappa shape index (κ3) is 6.03. The highest BCUT2D eigenvalue weighted by Gasteiger charge is 2.30. The molecule has 0 aliphatic heterocycles. The van der Waals surface area contributed by atoms with Crippen LogP contribution in [0.1, 0.15) is 5.56 Å². The first-order valence-corrected chi connectivity index (χ1v) is 9.26. The molecule has 2 nitrogen and oxygen atoms in total. The third-order valence-corrected chi connectivity index (χ3v) is 4.34. The minimum absolute atomic E-state index is 0.330. The van der Waals surface area contributed by atoms with Crippen molar-refractivity contribution in [2.24, 2.45) is 4.99 Å². The first-order chi connectivity index (χ1) is 13.5. The average Bonchev–Trinajstić information content (AvgIpc) is 2.69. The van der Waals surface area contributed by atoms with Crippen LogP contribution in [0.25, 0.3) is 0 Å². The molecule has 0 radical (unpaired) electrons. The summed E-state index contributed by atoms with van der Waals surface area (Å²) >= 11 is 1.16. The number of thioether (sulfide) groups is 1. The molecule has 0 fully saturated rings. The summed E-state index contributed by atoms with van der Waals surface area (Å²) in [6, 6.07) is 23.6. The van der Waals surface area contributed by atoms with Gasteiger partial charge in [-0.25, -0.2) is 4.99 Å². The van der Waals surface area contributed by atoms with Gasteiger partial charge in [0.2, 0.25) is 5.90 Å². The van der Waals surface area contributed by atoms with Crippen molar-refractivity contribution in [2.75, 3.05) is 0 Å². The summed E-state index contributed by atoms with van der Waals surface area (Å²) in [5, 5.41) is 1.65. The van der Waals surface area contributed by atoms with Gasteiger partial charge in [-0.05, 0) is 47.9 Å². The third-order valence-electron chi connectivity index (χ3n) is 3.54. The number of para-hydroxylation sites is 2. The number of nitrogens with zero attached hydrogens (tertiary/aromatic N) is 1. The lowest BCUT2D eigenvalue weighted by Gasteiger charge is -2.07. The Morgan fingerprint density at radius 2 is 1.54 bits per heavy atom. The van der Waals surface area contributed by atoms with Gasteiger partial charge in [-0.15, -0.1) is 0 Å². The lowest BCUT2D eigenvalue weighted by molar-refractivity contribution is -0.137. The average molecular weight is 399 g/mol. The Bertz CT molecular complexity index is 954. The van der Waals surface area contributed by atoms with Gasteiger partial charge in [0.05, 0.1) is 11.3 Å². The van der Waals surface area contributed by atoms with Crippen LogP contribution in [0.4, 0.5) is 18.9 Å². The molecular formula is C22H16F3NOS. The van der Waals surface area contributed by atoms with Gasteiger partial charge in [0.25, 0.3) is 0 Å². The summed E-state index contributed by atoms with van der Waals surface area (Å²) in [6.07, 6.45) is -2.73. The van der Waals surface area contributed by atoms with E-state index in [2.05, 4.69) is 4.99 Å².